The SMILES string of the molecule is c1ccc(-c2cc(-c3ccccn3)nc(-c3ccc(N4c5ccccc5Oc5ccccc54)cc3)n2)cc1. The van der Waals surface area contributed by atoms with Crippen molar-refractivity contribution in [2.24, 2.45) is 0 Å². The number of benzene rings is 4. The number of aromatic nitrogens is 3. The van der Waals surface area contributed by atoms with Gasteiger partial charge in [0, 0.05) is 23.0 Å². The van der Waals surface area contributed by atoms with Gasteiger partial charge in [-0.25, -0.2) is 9.97 Å². The fourth-order valence-electron chi connectivity index (χ4n) is 4.72. The molecule has 1 aliphatic heterocycles. The zero-order valence-corrected chi connectivity index (χ0v) is 20.4. The second kappa shape index (κ2) is 9.30. The van der Waals surface area contributed by atoms with Gasteiger partial charge in [-0.2, -0.15) is 0 Å². The van der Waals surface area contributed by atoms with Crippen molar-refractivity contribution in [2.75, 3.05) is 4.90 Å². The van der Waals surface area contributed by atoms with Crippen LogP contribution in [0.3, 0.4) is 0 Å². The molecule has 0 saturated carbocycles. The molecule has 0 spiro atoms. The zero-order valence-electron chi connectivity index (χ0n) is 20.4. The Balaban J connectivity index is 1.32. The van der Waals surface area contributed by atoms with Crippen molar-refractivity contribution in [2.45, 2.75) is 0 Å². The summed E-state index contributed by atoms with van der Waals surface area (Å²) in [5.74, 6) is 2.31. The summed E-state index contributed by atoms with van der Waals surface area (Å²) in [5, 5.41) is 0. The van der Waals surface area contributed by atoms with E-state index in [2.05, 4.69) is 58.4 Å². The average molecular weight is 491 g/mol. The van der Waals surface area contributed by atoms with Crippen molar-refractivity contribution in [1.82, 2.24) is 15.0 Å². The van der Waals surface area contributed by atoms with E-state index >= 15 is 0 Å². The minimum Gasteiger partial charge on any atom is -0.453 e. The first-order valence-corrected chi connectivity index (χ1v) is 12.5. The average Bonchev–Trinajstić information content (AvgIpc) is 3.00. The second-order valence-electron chi connectivity index (χ2n) is 8.96. The number of rotatable bonds is 4. The molecule has 0 atom stereocenters. The lowest BCUT2D eigenvalue weighted by atomic mass is 10.1. The Hall–Kier alpha value is -5.29. The second-order valence-corrected chi connectivity index (χ2v) is 8.96. The van der Waals surface area contributed by atoms with E-state index in [1.807, 2.05) is 78.9 Å². The van der Waals surface area contributed by atoms with E-state index < -0.39 is 0 Å². The van der Waals surface area contributed by atoms with E-state index in [0.29, 0.717) is 5.82 Å². The third-order valence-corrected chi connectivity index (χ3v) is 6.54. The van der Waals surface area contributed by atoms with Gasteiger partial charge in [-0.05, 0) is 66.7 Å². The molecule has 1 aliphatic rings. The molecular formula is C33H22N4O. The molecular weight excluding hydrogens is 468 g/mol. The molecule has 0 bridgehead atoms. The predicted molar refractivity (Wildman–Crippen MR) is 151 cm³/mol. The van der Waals surface area contributed by atoms with E-state index in [1.54, 1.807) is 6.20 Å². The summed E-state index contributed by atoms with van der Waals surface area (Å²) in [4.78, 5) is 16.6. The number of ether oxygens (including phenoxy) is 1. The van der Waals surface area contributed by atoms with Crippen LogP contribution in [0.15, 0.2) is 134 Å². The van der Waals surface area contributed by atoms with Crippen molar-refractivity contribution < 1.29 is 4.74 Å². The van der Waals surface area contributed by atoms with Crippen molar-refractivity contribution in [3.63, 3.8) is 0 Å². The molecule has 6 aromatic rings. The number of para-hydroxylation sites is 4. The Labute approximate surface area is 220 Å². The van der Waals surface area contributed by atoms with E-state index in [0.717, 1.165) is 56.8 Å². The molecule has 180 valence electrons. The number of hydrogen-bond acceptors (Lipinski definition) is 5. The van der Waals surface area contributed by atoms with Crippen molar-refractivity contribution in [3.05, 3.63) is 134 Å². The Bertz CT molecular complexity index is 1630. The van der Waals surface area contributed by atoms with Gasteiger partial charge in [0.05, 0.1) is 28.5 Å². The van der Waals surface area contributed by atoms with E-state index in [4.69, 9.17) is 14.7 Å². The van der Waals surface area contributed by atoms with Gasteiger partial charge in [0.15, 0.2) is 17.3 Å². The molecule has 0 fully saturated rings. The number of hydrogen-bond donors (Lipinski definition) is 0. The fourth-order valence-corrected chi connectivity index (χ4v) is 4.72. The zero-order chi connectivity index (χ0) is 25.3. The van der Waals surface area contributed by atoms with Gasteiger partial charge in [-0.1, -0.05) is 60.7 Å². The standard InChI is InChI=1S/C33H22N4O/c1-2-10-23(11-3-1)27-22-28(26-12-8-9-21-34-26)36-33(35-27)24-17-19-25(20-18-24)37-29-13-4-6-15-31(29)38-32-16-7-5-14-30(32)37/h1-22H. The lowest BCUT2D eigenvalue weighted by Gasteiger charge is -2.32. The highest BCUT2D eigenvalue weighted by Crippen LogP contribution is 2.50. The smallest absolute Gasteiger partial charge is 0.160 e. The van der Waals surface area contributed by atoms with Gasteiger partial charge in [-0.3, -0.25) is 4.98 Å². The molecule has 3 heterocycles. The van der Waals surface area contributed by atoms with Gasteiger partial charge in [0.25, 0.3) is 0 Å². The largest absolute Gasteiger partial charge is 0.453 e. The van der Waals surface area contributed by atoms with E-state index in [-0.39, 0.29) is 0 Å². The van der Waals surface area contributed by atoms with E-state index in [9.17, 15) is 0 Å². The minimum atomic E-state index is 0.654. The molecule has 0 unspecified atom stereocenters. The van der Waals surface area contributed by atoms with Gasteiger partial charge in [0.1, 0.15) is 0 Å². The Morgan fingerprint density at radius 1 is 0.500 bits per heavy atom. The molecule has 2 aromatic heterocycles. The first kappa shape index (κ1) is 21.9. The summed E-state index contributed by atoms with van der Waals surface area (Å²) in [6.07, 6.45) is 1.78. The molecule has 7 rings (SSSR count). The Morgan fingerprint density at radius 3 is 1.82 bits per heavy atom. The minimum absolute atomic E-state index is 0.654. The normalized spacial score (nSPS) is 11.8. The third kappa shape index (κ3) is 3.96. The molecule has 0 saturated heterocycles. The summed E-state index contributed by atoms with van der Waals surface area (Å²) in [6.45, 7) is 0. The number of anilines is 3. The quantitative estimate of drug-likeness (QED) is 0.248. The van der Waals surface area contributed by atoms with Crippen LogP contribution in [0.5, 0.6) is 11.5 Å². The van der Waals surface area contributed by atoms with E-state index in [1.165, 1.54) is 0 Å². The predicted octanol–water partition coefficient (Wildman–Crippen LogP) is 8.45. The lowest BCUT2D eigenvalue weighted by molar-refractivity contribution is 0.477. The van der Waals surface area contributed by atoms with Crippen LogP contribution in [-0.4, -0.2) is 15.0 Å². The monoisotopic (exact) mass is 490 g/mol. The van der Waals surface area contributed by atoms with Crippen molar-refractivity contribution in [3.8, 4) is 45.5 Å². The summed E-state index contributed by atoms with van der Waals surface area (Å²) >= 11 is 0. The molecule has 5 heteroatoms. The molecule has 4 aromatic carbocycles. The van der Waals surface area contributed by atoms with Crippen LogP contribution in [0.4, 0.5) is 17.1 Å². The number of fused-ring (bicyclic) bond motifs is 2. The molecule has 0 radical (unpaired) electrons. The highest BCUT2D eigenvalue weighted by Gasteiger charge is 2.25. The molecule has 0 amide bonds. The number of pyridine rings is 1. The molecule has 5 nitrogen and oxygen atoms in total. The van der Waals surface area contributed by atoms with Crippen LogP contribution in [0.1, 0.15) is 0 Å². The van der Waals surface area contributed by atoms with Crippen LogP contribution < -0.4 is 9.64 Å². The summed E-state index contributed by atoms with van der Waals surface area (Å²) in [7, 11) is 0. The van der Waals surface area contributed by atoms with Gasteiger partial charge >= 0.3 is 0 Å². The third-order valence-electron chi connectivity index (χ3n) is 6.54. The van der Waals surface area contributed by atoms with Crippen LogP contribution in [0.25, 0.3) is 34.0 Å². The lowest BCUT2D eigenvalue weighted by Crippen LogP contribution is -2.15. The van der Waals surface area contributed by atoms with Crippen LogP contribution in [0, 0.1) is 0 Å². The molecule has 38 heavy (non-hydrogen) atoms. The van der Waals surface area contributed by atoms with Crippen LogP contribution in [-0.2, 0) is 0 Å². The molecule has 0 aliphatic carbocycles. The maximum Gasteiger partial charge on any atom is 0.160 e. The summed E-state index contributed by atoms with van der Waals surface area (Å²) in [5.41, 5.74) is 7.45. The van der Waals surface area contributed by atoms with Gasteiger partial charge in [-0.15, -0.1) is 0 Å². The Kier molecular flexibility index (Phi) is 5.37. The summed E-state index contributed by atoms with van der Waals surface area (Å²) in [6, 6.07) is 42.5. The fraction of sp³-hybridized carbons (Fsp3) is 0. The maximum atomic E-state index is 6.17. The van der Waals surface area contributed by atoms with Gasteiger partial charge in [0.2, 0.25) is 0 Å². The maximum absolute atomic E-state index is 6.17. The highest BCUT2D eigenvalue weighted by molar-refractivity contribution is 5.86. The van der Waals surface area contributed by atoms with Crippen molar-refractivity contribution >= 4 is 17.1 Å². The molecule has 0 N–H and O–H groups in total. The van der Waals surface area contributed by atoms with Crippen LogP contribution in [0.2, 0.25) is 0 Å². The summed E-state index contributed by atoms with van der Waals surface area (Å²) < 4.78 is 6.17. The topological polar surface area (TPSA) is 51.1 Å². The number of nitrogens with zero attached hydrogens (tertiary/aromatic N) is 4. The van der Waals surface area contributed by atoms with Crippen molar-refractivity contribution in [1.29, 1.82) is 0 Å². The first-order chi connectivity index (χ1) is 18.8. The Morgan fingerprint density at radius 2 is 1.13 bits per heavy atom. The first-order valence-electron chi connectivity index (χ1n) is 12.5. The highest BCUT2D eigenvalue weighted by atomic mass is 16.5. The van der Waals surface area contributed by atoms with Gasteiger partial charge < -0.3 is 9.64 Å². The van der Waals surface area contributed by atoms with Crippen LogP contribution >= 0.6 is 0 Å².